The van der Waals surface area contributed by atoms with Crippen molar-refractivity contribution >= 4 is 11.7 Å². The Kier molecular flexibility index (Phi) is 3.57. The van der Waals surface area contributed by atoms with Crippen molar-refractivity contribution in [2.45, 2.75) is 18.9 Å². The van der Waals surface area contributed by atoms with E-state index in [1.165, 1.54) is 0 Å². The zero-order valence-corrected chi connectivity index (χ0v) is 13.2. The molecule has 0 saturated heterocycles. The van der Waals surface area contributed by atoms with Crippen LogP contribution in [0.4, 0.5) is 5.82 Å². The predicted octanol–water partition coefficient (Wildman–Crippen LogP) is 3.01. The molecule has 0 spiro atoms. The van der Waals surface area contributed by atoms with Gasteiger partial charge in [0.2, 0.25) is 5.91 Å². The van der Waals surface area contributed by atoms with E-state index in [1.54, 1.807) is 18.1 Å². The molecule has 0 bridgehead atoms. The lowest BCUT2D eigenvalue weighted by Crippen LogP contribution is -2.25. The van der Waals surface area contributed by atoms with Gasteiger partial charge in [0.15, 0.2) is 0 Å². The highest BCUT2D eigenvalue weighted by Gasteiger charge is 2.31. The van der Waals surface area contributed by atoms with Crippen LogP contribution < -0.4 is 10.1 Å². The number of nitrogens with zero attached hydrogens (tertiary/aromatic N) is 2. The van der Waals surface area contributed by atoms with Gasteiger partial charge in [0.1, 0.15) is 23.9 Å². The summed E-state index contributed by atoms with van der Waals surface area (Å²) >= 11 is 0. The maximum absolute atomic E-state index is 12.2. The van der Waals surface area contributed by atoms with Crippen LogP contribution in [0, 0.1) is 0 Å². The number of para-hydroxylation sites is 1. The van der Waals surface area contributed by atoms with E-state index in [0.717, 1.165) is 28.5 Å². The Morgan fingerprint density at radius 2 is 2.17 bits per heavy atom. The minimum atomic E-state index is -0.0738. The number of methoxy groups -OCH3 is 1. The molecule has 1 aromatic carbocycles. The smallest absolute Gasteiger partial charge is 0.226 e. The molecule has 0 fully saturated rings. The second-order valence-corrected chi connectivity index (χ2v) is 5.73. The number of hydrogen-bond donors (Lipinski definition) is 1. The minimum absolute atomic E-state index is 0.0281. The Morgan fingerprint density at radius 3 is 2.96 bits per heavy atom. The summed E-state index contributed by atoms with van der Waals surface area (Å²) in [5.41, 5.74) is 1.99. The van der Waals surface area contributed by atoms with Crippen molar-refractivity contribution in [1.82, 2.24) is 9.78 Å². The Bertz CT molecular complexity index is 868. The van der Waals surface area contributed by atoms with Gasteiger partial charge in [0.05, 0.1) is 19.6 Å². The molecule has 24 heavy (non-hydrogen) atoms. The maximum atomic E-state index is 12.2. The first-order valence-electron chi connectivity index (χ1n) is 7.77. The predicted molar refractivity (Wildman–Crippen MR) is 88.1 cm³/mol. The quantitative estimate of drug-likeness (QED) is 0.801. The van der Waals surface area contributed by atoms with Crippen molar-refractivity contribution in [3.63, 3.8) is 0 Å². The highest BCUT2D eigenvalue weighted by molar-refractivity contribution is 5.94. The third-order valence-corrected chi connectivity index (χ3v) is 4.29. The molecule has 3 heterocycles. The molecule has 6 nitrogen and oxygen atoms in total. The van der Waals surface area contributed by atoms with Crippen molar-refractivity contribution in [2.75, 3.05) is 12.4 Å². The molecule has 1 aliphatic heterocycles. The van der Waals surface area contributed by atoms with Gasteiger partial charge in [-0.05, 0) is 18.2 Å². The van der Waals surface area contributed by atoms with Gasteiger partial charge < -0.3 is 14.5 Å². The van der Waals surface area contributed by atoms with Crippen LogP contribution in [0.1, 0.15) is 29.2 Å². The lowest BCUT2D eigenvalue weighted by molar-refractivity contribution is -0.116. The summed E-state index contributed by atoms with van der Waals surface area (Å²) in [6, 6.07) is 11.5. The van der Waals surface area contributed by atoms with E-state index in [9.17, 15) is 4.79 Å². The first-order valence-corrected chi connectivity index (χ1v) is 7.77. The maximum Gasteiger partial charge on any atom is 0.226 e. The summed E-state index contributed by atoms with van der Waals surface area (Å²) in [7, 11) is 1.64. The lowest BCUT2D eigenvalue weighted by atomic mass is 9.87. The second-order valence-electron chi connectivity index (χ2n) is 5.73. The summed E-state index contributed by atoms with van der Waals surface area (Å²) in [4.78, 5) is 12.2. The fourth-order valence-corrected chi connectivity index (χ4v) is 3.17. The molecule has 1 N–H and O–H groups in total. The Balaban J connectivity index is 1.75. The van der Waals surface area contributed by atoms with Crippen LogP contribution in [0.2, 0.25) is 0 Å². The molecule has 6 heteroatoms. The van der Waals surface area contributed by atoms with Crippen LogP contribution in [-0.4, -0.2) is 22.8 Å². The first-order chi connectivity index (χ1) is 11.8. The van der Waals surface area contributed by atoms with E-state index in [1.807, 2.05) is 42.6 Å². The molecule has 0 radical (unpaired) electrons. The van der Waals surface area contributed by atoms with Crippen molar-refractivity contribution in [3.05, 3.63) is 65.7 Å². The molecule has 122 valence electrons. The van der Waals surface area contributed by atoms with Crippen LogP contribution in [0.15, 0.2) is 53.3 Å². The average molecular weight is 323 g/mol. The van der Waals surface area contributed by atoms with Gasteiger partial charge in [0, 0.05) is 23.5 Å². The van der Waals surface area contributed by atoms with Gasteiger partial charge in [-0.1, -0.05) is 18.2 Å². The van der Waals surface area contributed by atoms with Crippen LogP contribution >= 0.6 is 0 Å². The number of amides is 1. The summed E-state index contributed by atoms with van der Waals surface area (Å²) in [6.45, 7) is 0.473. The molecule has 0 unspecified atom stereocenters. The highest BCUT2D eigenvalue weighted by Crippen LogP contribution is 2.40. The van der Waals surface area contributed by atoms with Crippen molar-refractivity contribution in [2.24, 2.45) is 0 Å². The molecule has 1 atom stereocenters. The number of rotatable bonds is 4. The number of aromatic nitrogens is 2. The summed E-state index contributed by atoms with van der Waals surface area (Å²) in [6.07, 6.45) is 3.82. The number of carbonyl (C=O) groups excluding carboxylic acids is 1. The summed E-state index contributed by atoms with van der Waals surface area (Å²) in [5, 5.41) is 7.38. The van der Waals surface area contributed by atoms with E-state index in [0.29, 0.717) is 13.0 Å². The topological polar surface area (TPSA) is 69.3 Å². The zero-order chi connectivity index (χ0) is 16.5. The molecule has 3 aromatic rings. The van der Waals surface area contributed by atoms with Gasteiger partial charge in [0.25, 0.3) is 0 Å². The summed E-state index contributed by atoms with van der Waals surface area (Å²) < 4.78 is 12.6. The van der Waals surface area contributed by atoms with Gasteiger partial charge in [-0.2, -0.15) is 5.10 Å². The summed E-state index contributed by atoms with van der Waals surface area (Å²) in [5.74, 6) is 2.19. The van der Waals surface area contributed by atoms with Gasteiger partial charge in [-0.3, -0.25) is 4.79 Å². The van der Waals surface area contributed by atoms with Gasteiger partial charge >= 0.3 is 0 Å². The van der Waals surface area contributed by atoms with E-state index in [4.69, 9.17) is 9.15 Å². The minimum Gasteiger partial charge on any atom is -0.496 e. The van der Waals surface area contributed by atoms with E-state index < -0.39 is 0 Å². The largest absolute Gasteiger partial charge is 0.496 e. The fourth-order valence-electron chi connectivity index (χ4n) is 3.17. The fraction of sp³-hybridized carbons (Fsp3) is 0.222. The van der Waals surface area contributed by atoms with E-state index >= 15 is 0 Å². The first kappa shape index (κ1) is 14.6. The monoisotopic (exact) mass is 323 g/mol. The number of furan rings is 1. The number of fused-ring (bicyclic) bond motifs is 1. The van der Waals surface area contributed by atoms with Gasteiger partial charge in [-0.15, -0.1) is 0 Å². The third-order valence-electron chi connectivity index (χ3n) is 4.29. The van der Waals surface area contributed by atoms with Crippen LogP contribution in [0.25, 0.3) is 0 Å². The van der Waals surface area contributed by atoms with E-state index in [-0.39, 0.29) is 11.8 Å². The van der Waals surface area contributed by atoms with Crippen molar-refractivity contribution in [1.29, 1.82) is 0 Å². The molecular formula is C18H17N3O3. The number of ether oxygens (including phenoxy) is 1. The number of anilines is 1. The normalized spacial score (nSPS) is 16.5. The standard InChI is InChI=1S/C18H17N3O3/c1-23-16-7-3-2-6-13(16)14-9-17(22)20-18-15(14)10-19-21(18)11-12-5-4-8-24-12/h2-8,10,14H,9,11H2,1H3,(H,20,22)/t14-/m1/s1. The van der Waals surface area contributed by atoms with E-state index in [2.05, 4.69) is 10.4 Å². The second kappa shape index (κ2) is 5.88. The van der Waals surface area contributed by atoms with Crippen LogP contribution in [0.3, 0.4) is 0 Å². The van der Waals surface area contributed by atoms with Crippen molar-refractivity contribution in [3.8, 4) is 5.75 Å². The molecular weight excluding hydrogens is 306 g/mol. The Labute approximate surface area is 139 Å². The molecule has 1 aliphatic rings. The Morgan fingerprint density at radius 1 is 1.29 bits per heavy atom. The lowest BCUT2D eigenvalue weighted by Gasteiger charge is -2.25. The van der Waals surface area contributed by atoms with Crippen molar-refractivity contribution < 1.29 is 13.9 Å². The molecule has 0 aliphatic carbocycles. The Hall–Kier alpha value is -3.02. The molecule has 0 saturated carbocycles. The average Bonchev–Trinajstić information content (AvgIpc) is 3.25. The SMILES string of the molecule is COc1ccccc1[C@H]1CC(=O)Nc2c1cnn2Cc1ccco1. The number of nitrogens with one attached hydrogen (secondary N) is 1. The third kappa shape index (κ3) is 2.46. The number of carbonyl (C=O) groups is 1. The van der Waals surface area contributed by atoms with Crippen LogP contribution in [-0.2, 0) is 11.3 Å². The highest BCUT2D eigenvalue weighted by atomic mass is 16.5. The zero-order valence-electron chi connectivity index (χ0n) is 13.2. The van der Waals surface area contributed by atoms with Crippen LogP contribution in [0.5, 0.6) is 5.75 Å². The molecule has 4 rings (SSSR count). The number of benzene rings is 1. The number of hydrogen-bond acceptors (Lipinski definition) is 4. The molecule has 1 amide bonds. The van der Waals surface area contributed by atoms with Gasteiger partial charge in [-0.25, -0.2) is 4.68 Å². The molecule has 2 aromatic heterocycles.